The van der Waals surface area contributed by atoms with Crippen LogP contribution in [0.1, 0.15) is 27.2 Å². The molecule has 0 aliphatic heterocycles. The van der Waals surface area contributed by atoms with Gasteiger partial charge in [0.25, 0.3) is 0 Å². The molecule has 118 valence electrons. The van der Waals surface area contributed by atoms with Crippen LogP contribution in [0.15, 0.2) is 18.2 Å². The molecule has 4 nitrogen and oxygen atoms in total. The first-order valence-electron chi connectivity index (χ1n) is 6.78. The summed E-state index contributed by atoms with van der Waals surface area (Å²) in [5.74, 6) is -2.61. The molecule has 2 unspecified atom stereocenters. The average Bonchev–Trinajstić information content (AvgIpc) is 2.43. The standard InChI is InChI=1S/C15H21F2NO3/c1-5-18-15(3,14(19)20-4)9-10(2)21-12-8-6-7-11(16)13(12)17/h6-8,10,18H,5,9H2,1-4H3. The lowest BCUT2D eigenvalue weighted by molar-refractivity contribution is -0.149. The third-order valence-corrected chi connectivity index (χ3v) is 3.14. The van der Waals surface area contributed by atoms with Gasteiger partial charge in [-0.15, -0.1) is 0 Å². The molecular weight excluding hydrogens is 280 g/mol. The van der Waals surface area contributed by atoms with E-state index in [-0.39, 0.29) is 12.2 Å². The Labute approximate surface area is 123 Å². The van der Waals surface area contributed by atoms with E-state index >= 15 is 0 Å². The lowest BCUT2D eigenvalue weighted by Crippen LogP contribution is -2.52. The Hall–Kier alpha value is -1.69. The van der Waals surface area contributed by atoms with Crippen molar-refractivity contribution in [3.05, 3.63) is 29.8 Å². The van der Waals surface area contributed by atoms with Crippen LogP contribution in [0.5, 0.6) is 5.75 Å². The number of hydrogen-bond acceptors (Lipinski definition) is 4. The SMILES string of the molecule is CCNC(C)(CC(C)Oc1cccc(F)c1F)C(=O)OC. The zero-order valence-corrected chi connectivity index (χ0v) is 12.7. The van der Waals surface area contributed by atoms with E-state index in [4.69, 9.17) is 9.47 Å². The van der Waals surface area contributed by atoms with Crippen LogP contribution >= 0.6 is 0 Å². The molecule has 1 rings (SSSR count). The largest absolute Gasteiger partial charge is 0.487 e. The van der Waals surface area contributed by atoms with Gasteiger partial charge in [0.05, 0.1) is 13.2 Å². The molecular formula is C15H21F2NO3. The van der Waals surface area contributed by atoms with Crippen molar-refractivity contribution in [2.45, 2.75) is 38.8 Å². The zero-order valence-electron chi connectivity index (χ0n) is 12.7. The van der Waals surface area contributed by atoms with E-state index < -0.39 is 29.2 Å². The lowest BCUT2D eigenvalue weighted by atomic mass is 9.94. The molecule has 6 heteroatoms. The number of carbonyl (C=O) groups is 1. The van der Waals surface area contributed by atoms with Crippen molar-refractivity contribution in [2.75, 3.05) is 13.7 Å². The van der Waals surface area contributed by atoms with Crippen molar-refractivity contribution < 1.29 is 23.0 Å². The number of nitrogens with one attached hydrogen (secondary N) is 1. The van der Waals surface area contributed by atoms with Gasteiger partial charge in [0, 0.05) is 6.42 Å². The van der Waals surface area contributed by atoms with E-state index in [0.717, 1.165) is 6.07 Å². The Bertz CT molecular complexity index is 496. The van der Waals surface area contributed by atoms with Crippen LogP contribution in [0, 0.1) is 11.6 Å². The maximum atomic E-state index is 13.6. The van der Waals surface area contributed by atoms with Gasteiger partial charge in [-0.3, -0.25) is 4.79 Å². The van der Waals surface area contributed by atoms with Crippen LogP contribution in [0.3, 0.4) is 0 Å². The summed E-state index contributed by atoms with van der Waals surface area (Å²) in [6.45, 7) is 5.79. The van der Waals surface area contributed by atoms with Crippen molar-refractivity contribution >= 4 is 5.97 Å². The van der Waals surface area contributed by atoms with Crippen LogP contribution in [0.4, 0.5) is 8.78 Å². The third kappa shape index (κ3) is 4.39. The summed E-state index contributed by atoms with van der Waals surface area (Å²) in [5, 5.41) is 3.03. The van der Waals surface area contributed by atoms with Crippen LogP contribution in [-0.2, 0) is 9.53 Å². The molecule has 1 aromatic rings. The lowest BCUT2D eigenvalue weighted by Gasteiger charge is -2.30. The van der Waals surface area contributed by atoms with Crippen molar-refractivity contribution in [1.82, 2.24) is 5.32 Å². The van der Waals surface area contributed by atoms with Gasteiger partial charge in [0.2, 0.25) is 5.82 Å². The maximum absolute atomic E-state index is 13.6. The molecule has 1 N–H and O–H groups in total. The fourth-order valence-electron chi connectivity index (χ4n) is 2.25. The molecule has 0 aromatic heterocycles. The summed E-state index contributed by atoms with van der Waals surface area (Å²) in [7, 11) is 1.30. The topological polar surface area (TPSA) is 47.6 Å². The predicted molar refractivity (Wildman–Crippen MR) is 75.2 cm³/mol. The van der Waals surface area contributed by atoms with Gasteiger partial charge in [-0.2, -0.15) is 4.39 Å². The Morgan fingerprint density at radius 2 is 2.10 bits per heavy atom. The molecule has 0 amide bonds. The molecule has 0 spiro atoms. The van der Waals surface area contributed by atoms with E-state index in [9.17, 15) is 13.6 Å². The number of halogens is 2. The minimum absolute atomic E-state index is 0.175. The summed E-state index contributed by atoms with van der Waals surface area (Å²) in [6, 6.07) is 3.73. The summed E-state index contributed by atoms with van der Waals surface area (Å²) in [4.78, 5) is 11.9. The number of rotatable bonds is 7. The molecule has 0 aliphatic rings. The summed E-state index contributed by atoms with van der Waals surface area (Å²) < 4.78 is 36.9. The fraction of sp³-hybridized carbons (Fsp3) is 0.533. The first kappa shape index (κ1) is 17.4. The minimum Gasteiger partial charge on any atom is -0.487 e. The second kappa shape index (κ2) is 7.36. The highest BCUT2D eigenvalue weighted by Crippen LogP contribution is 2.23. The summed E-state index contributed by atoms with van der Waals surface area (Å²) in [6.07, 6.45) is -0.256. The Balaban J connectivity index is 2.81. The zero-order chi connectivity index (χ0) is 16.0. The van der Waals surface area contributed by atoms with Gasteiger partial charge in [0.1, 0.15) is 5.54 Å². The van der Waals surface area contributed by atoms with E-state index in [1.54, 1.807) is 13.8 Å². The monoisotopic (exact) mass is 301 g/mol. The molecule has 0 radical (unpaired) electrons. The molecule has 0 aliphatic carbocycles. The maximum Gasteiger partial charge on any atom is 0.325 e. The smallest absolute Gasteiger partial charge is 0.325 e. The molecule has 0 bridgehead atoms. The van der Waals surface area contributed by atoms with Crippen molar-refractivity contribution in [3.63, 3.8) is 0 Å². The number of ether oxygens (including phenoxy) is 2. The second-order valence-corrected chi connectivity index (χ2v) is 5.04. The van der Waals surface area contributed by atoms with Gasteiger partial charge in [-0.25, -0.2) is 4.39 Å². The molecule has 0 heterocycles. The molecule has 0 saturated heterocycles. The normalized spacial score (nSPS) is 15.1. The Morgan fingerprint density at radius 3 is 2.67 bits per heavy atom. The highest BCUT2D eigenvalue weighted by molar-refractivity contribution is 5.80. The van der Waals surface area contributed by atoms with Crippen molar-refractivity contribution in [1.29, 1.82) is 0 Å². The number of carbonyl (C=O) groups excluding carboxylic acids is 1. The highest BCUT2D eigenvalue weighted by atomic mass is 19.2. The van der Waals surface area contributed by atoms with E-state index in [1.807, 2.05) is 6.92 Å². The van der Waals surface area contributed by atoms with Crippen LogP contribution in [-0.4, -0.2) is 31.3 Å². The quantitative estimate of drug-likeness (QED) is 0.787. The number of likely N-dealkylation sites (N-methyl/N-ethyl adjacent to an activating group) is 1. The van der Waals surface area contributed by atoms with Crippen molar-refractivity contribution in [2.24, 2.45) is 0 Å². The Kier molecular flexibility index (Phi) is 6.08. The number of hydrogen-bond donors (Lipinski definition) is 1. The molecule has 1 aromatic carbocycles. The summed E-state index contributed by atoms with van der Waals surface area (Å²) in [5.41, 5.74) is -0.952. The van der Waals surface area contributed by atoms with Gasteiger partial charge >= 0.3 is 5.97 Å². The first-order valence-corrected chi connectivity index (χ1v) is 6.78. The summed E-state index contributed by atoms with van der Waals surface area (Å²) >= 11 is 0. The second-order valence-electron chi connectivity index (χ2n) is 5.04. The number of benzene rings is 1. The van der Waals surface area contributed by atoms with Gasteiger partial charge in [0.15, 0.2) is 11.6 Å². The van der Waals surface area contributed by atoms with Crippen LogP contribution < -0.4 is 10.1 Å². The molecule has 0 fully saturated rings. The average molecular weight is 301 g/mol. The molecule has 0 saturated carbocycles. The van der Waals surface area contributed by atoms with Crippen LogP contribution in [0.2, 0.25) is 0 Å². The van der Waals surface area contributed by atoms with Gasteiger partial charge in [-0.05, 0) is 32.5 Å². The molecule has 21 heavy (non-hydrogen) atoms. The fourth-order valence-corrected chi connectivity index (χ4v) is 2.25. The van der Waals surface area contributed by atoms with E-state index in [2.05, 4.69) is 5.32 Å². The predicted octanol–water partition coefficient (Wildman–Crippen LogP) is 2.66. The Morgan fingerprint density at radius 1 is 1.43 bits per heavy atom. The van der Waals surface area contributed by atoms with Crippen LogP contribution in [0.25, 0.3) is 0 Å². The van der Waals surface area contributed by atoms with Crippen molar-refractivity contribution in [3.8, 4) is 5.75 Å². The van der Waals surface area contributed by atoms with E-state index in [0.29, 0.717) is 6.54 Å². The highest BCUT2D eigenvalue weighted by Gasteiger charge is 2.35. The van der Waals surface area contributed by atoms with E-state index in [1.165, 1.54) is 19.2 Å². The third-order valence-electron chi connectivity index (χ3n) is 3.14. The number of methoxy groups -OCH3 is 1. The molecule has 2 atom stereocenters. The van der Waals surface area contributed by atoms with Gasteiger partial charge in [-0.1, -0.05) is 13.0 Å². The van der Waals surface area contributed by atoms with Gasteiger partial charge < -0.3 is 14.8 Å². The minimum atomic E-state index is -1.03. The first-order chi connectivity index (χ1) is 9.84. The number of esters is 1.